The molecule has 0 radical (unpaired) electrons. The van der Waals surface area contributed by atoms with Crippen molar-refractivity contribution in [2.45, 2.75) is 18.4 Å². The maximum Gasteiger partial charge on any atom is 0.228 e. The fourth-order valence-electron chi connectivity index (χ4n) is 3.22. The van der Waals surface area contributed by atoms with Crippen molar-refractivity contribution in [1.29, 1.82) is 0 Å². The van der Waals surface area contributed by atoms with Crippen molar-refractivity contribution in [3.63, 3.8) is 0 Å². The second-order valence-electron chi connectivity index (χ2n) is 6.02. The molecule has 1 amide bonds. The third-order valence-electron chi connectivity index (χ3n) is 4.74. The molecule has 2 fully saturated rings. The van der Waals surface area contributed by atoms with Crippen molar-refractivity contribution in [3.8, 4) is 0 Å². The summed E-state index contributed by atoms with van der Waals surface area (Å²) >= 11 is 0. The van der Waals surface area contributed by atoms with Gasteiger partial charge in [0.15, 0.2) is 5.78 Å². The van der Waals surface area contributed by atoms with Crippen molar-refractivity contribution in [2.75, 3.05) is 26.2 Å². The summed E-state index contributed by atoms with van der Waals surface area (Å²) in [6.45, 7) is 2.74. The molecule has 0 bridgehead atoms. The Bertz CT molecular complexity index is 601. The summed E-state index contributed by atoms with van der Waals surface area (Å²) in [6.07, 6.45) is 1.00. The van der Waals surface area contributed by atoms with Crippen LogP contribution in [-0.2, 0) is 4.79 Å². The van der Waals surface area contributed by atoms with Crippen molar-refractivity contribution in [2.24, 2.45) is 11.7 Å². The van der Waals surface area contributed by atoms with Crippen LogP contribution in [0.5, 0.6) is 0 Å². The molecule has 22 heavy (non-hydrogen) atoms. The molecule has 6 heteroatoms. The molecule has 1 heterocycles. The number of amides is 1. The van der Waals surface area contributed by atoms with E-state index in [2.05, 4.69) is 5.32 Å². The second kappa shape index (κ2) is 5.78. The molecular formula is C16H20FN3O2. The zero-order valence-electron chi connectivity index (χ0n) is 12.3. The Morgan fingerprint density at radius 1 is 1.27 bits per heavy atom. The van der Waals surface area contributed by atoms with E-state index in [9.17, 15) is 14.0 Å². The Hall–Kier alpha value is -1.79. The van der Waals surface area contributed by atoms with Crippen LogP contribution in [0.15, 0.2) is 24.3 Å². The first kappa shape index (κ1) is 15.1. The van der Waals surface area contributed by atoms with Crippen LogP contribution in [-0.4, -0.2) is 48.3 Å². The summed E-state index contributed by atoms with van der Waals surface area (Å²) in [5.74, 6) is -1.68. The Morgan fingerprint density at radius 3 is 2.55 bits per heavy atom. The molecule has 1 saturated carbocycles. The maximum atomic E-state index is 13.8. The molecular weight excluding hydrogens is 285 g/mol. The van der Waals surface area contributed by atoms with Gasteiger partial charge >= 0.3 is 0 Å². The van der Waals surface area contributed by atoms with Gasteiger partial charge in [-0.15, -0.1) is 0 Å². The number of hydrogen-bond acceptors (Lipinski definition) is 4. The molecule has 5 nitrogen and oxygen atoms in total. The molecule has 1 aliphatic heterocycles. The van der Waals surface area contributed by atoms with E-state index in [4.69, 9.17) is 5.73 Å². The van der Waals surface area contributed by atoms with E-state index in [0.29, 0.717) is 25.9 Å². The van der Waals surface area contributed by atoms with Crippen LogP contribution < -0.4 is 11.1 Å². The van der Waals surface area contributed by atoms with E-state index in [1.807, 2.05) is 0 Å². The van der Waals surface area contributed by atoms with Crippen molar-refractivity contribution in [3.05, 3.63) is 35.6 Å². The number of nitrogens with one attached hydrogen (secondary N) is 1. The third-order valence-corrected chi connectivity index (χ3v) is 4.74. The highest BCUT2D eigenvalue weighted by molar-refractivity contribution is 6.07. The first-order valence-electron chi connectivity index (χ1n) is 7.62. The Kier molecular flexibility index (Phi) is 3.97. The number of carbonyl (C=O) groups excluding carboxylic acids is 2. The monoisotopic (exact) mass is 305 g/mol. The van der Waals surface area contributed by atoms with E-state index in [1.54, 1.807) is 11.0 Å². The van der Waals surface area contributed by atoms with Crippen LogP contribution in [0, 0.1) is 11.7 Å². The predicted molar refractivity (Wildman–Crippen MR) is 79.8 cm³/mol. The van der Waals surface area contributed by atoms with Crippen molar-refractivity contribution < 1.29 is 14.0 Å². The van der Waals surface area contributed by atoms with Gasteiger partial charge in [-0.1, -0.05) is 12.1 Å². The lowest BCUT2D eigenvalue weighted by atomic mass is 9.63. The van der Waals surface area contributed by atoms with Crippen molar-refractivity contribution in [1.82, 2.24) is 10.2 Å². The van der Waals surface area contributed by atoms with E-state index >= 15 is 0 Å². The molecule has 2 atom stereocenters. The van der Waals surface area contributed by atoms with E-state index in [0.717, 1.165) is 13.1 Å². The van der Waals surface area contributed by atoms with E-state index in [-0.39, 0.29) is 11.5 Å². The molecule has 1 aromatic rings. The number of hydrogen-bond donors (Lipinski definition) is 2. The third kappa shape index (κ3) is 2.42. The number of rotatable bonds is 3. The highest BCUT2D eigenvalue weighted by atomic mass is 19.1. The fraction of sp³-hybridized carbons (Fsp3) is 0.500. The molecule has 118 valence electrons. The van der Waals surface area contributed by atoms with Gasteiger partial charge in [0.05, 0.1) is 17.0 Å². The first-order chi connectivity index (χ1) is 10.5. The lowest BCUT2D eigenvalue weighted by Crippen LogP contribution is -2.66. The number of nitrogens with two attached hydrogens (primary N) is 1. The molecule has 0 aromatic heterocycles. The number of ketones is 1. The number of benzene rings is 1. The lowest BCUT2D eigenvalue weighted by Gasteiger charge is -2.46. The van der Waals surface area contributed by atoms with Gasteiger partial charge in [0.2, 0.25) is 5.91 Å². The maximum absolute atomic E-state index is 13.8. The minimum absolute atomic E-state index is 0.0252. The topological polar surface area (TPSA) is 75.4 Å². The van der Waals surface area contributed by atoms with E-state index in [1.165, 1.54) is 18.2 Å². The molecule has 1 aromatic carbocycles. The fourth-order valence-corrected chi connectivity index (χ4v) is 3.22. The first-order valence-corrected chi connectivity index (χ1v) is 7.62. The number of Topliss-reactive ketones (excluding diaryl/α,β-unsaturated/α-hetero) is 1. The van der Waals surface area contributed by atoms with Crippen LogP contribution in [0.25, 0.3) is 0 Å². The van der Waals surface area contributed by atoms with Gasteiger partial charge in [-0.05, 0) is 25.0 Å². The van der Waals surface area contributed by atoms with Gasteiger partial charge in [0, 0.05) is 26.2 Å². The molecule has 1 aliphatic carbocycles. The quantitative estimate of drug-likeness (QED) is 0.800. The van der Waals surface area contributed by atoms with Crippen LogP contribution in [0.1, 0.15) is 23.2 Å². The predicted octanol–water partition coefficient (Wildman–Crippen LogP) is 0.548. The molecule has 2 unspecified atom stereocenters. The lowest BCUT2D eigenvalue weighted by molar-refractivity contribution is -0.141. The van der Waals surface area contributed by atoms with Crippen LogP contribution in [0.3, 0.4) is 0 Å². The number of carbonyl (C=O) groups is 2. The van der Waals surface area contributed by atoms with Crippen LogP contribution in [0.2, 0.25) is 0 Å². The minimum Gasteiger partial charge on any atom is -0.340 e. The zero-order chi connectivity index (χ0) is 15.7. The Morgan fingerprint density at radius 2 is 1.95 bits per heavy atom. The number of nitrogens with zero attached hydrogens (tertiary/aromatic N) is 1. The summed E-state index contributed by atoms with van der Waals surface area (Å²) < 4.78 is 13.8. The average molecular weight is 305 g/mol. The summed E-state index contributed by atoms with van der Waals surface area (Å²) in [5, 5.41) is 3.18. The summed E-state index contributed by atoms with van der Waals surface area (Å²) in [5.41, 5.74) is 4.92. The molecule has 2 aliphatic rings. The van der Waals surface area contributed by atoms with E-state index < -0.39 is 23.1 Å². The SMILES string of the molecule is NC1(C(=O)c2ccccc2F)CCC1C(=O)N1CCNCC1. The summed E-state index contributed by atoms with van der Waals surface area (Å²) in [6, 6.07) is 5.80. The van der Waals surface area contributed by atoms with Crippen molar-refractivity contribution >= 4 is 11.7 Å². The number of halogens is 1. The largest absolute Gasteiger partial charge is 0.340 e. The smallest absolute Gasteiger partial charge is 0.228 e. The van der Waals surface area contributed by atoms with Crippen LogP contribution in [0.4, 0.5) is 4.39 Å². The normalized spacial score (nSPS) is 28.1. The zero-order valence-corrected chi connectivity index (χ0v) is 12.3. The second-order valence-corrected chi connectivity index (χ2v) is 6.02. The summed E-state index contributed by atoms with van der Waals surface area (Å²) in [4.78, 5) is 27.0. The van der Waals surface area contributed by atoms with Gasteiger partial charge in [-0.2, -0.15) is 0 Å². The molecule has 0 spiro atoms. The van der Waals surface area contributed by atoms with Crippen LogP contribution >= 0.6 is 0 Å². The van der Waals surface area contributed by atoms with Gasteiger partial charge in [0.25, 0.3) is 0 Å². The van der Waals surface area contributed by atoms with Gasteiger partial charge in [-0.25, -0.2) is 4.39 Å². The number of piperazine rings is 1. The van der Waals surface area contributed by atoms with Gasteiger partial charge < -0.3 is 16.0 Å². The molecule has 1 saturated heterocycles. The Labute approximate surface area is 128 Å². The molecule has 3 N–H and O–H groups in total. The minimum atomic E-state index is -1.27. The standard InChI is InChI=1S/C16H20FN3O2/c17-13-4-2-1-3-11(13)14(21)16(18)6-5-12(16)15(22)20-9-7-19-8-10-20/h1-4,12,19H,5-10,18H2. The molecule has 3 rings (SSSR count). The average Bonchev–Trinajstić information content (AvgIpc) is 2.53. The Balaban J connectivity index is 1.79. The van der Waals surface area contributed by atoms with Gasteiger partial charge in [0.1, 0.15) is 5.82 Å². The van der Waals surface area contributed by atoms with Gasteiger partial charge in [-0.3, -0.25) is 9.59 Å². The highest BCUT2D eigenvalue weighted by Crippen LogP contribution is 2.40. The highest BCUT2D eigenvalue weighted by Gasteiger charge is 2.54. The summed E-state index contributed by atoms with van der Waals surface area (Å²) in [7, 11) is 0.